The lowest BCUT2D eigenvalue weighted by atomic mass is 10.1. The molecule has 0 spiro atoms. The molecule has 0 radical (unpaired) electrons. The molecule has 0 amide bonds. The third-order valence-electron chi connectivity index (χ3n) is 8.51. The lowest BCUT2D eigenvalue weighted by Crippen LogP contribution is -2.38. The molecular formula is C42H55N5O13. The highest BCUT2D eigenvalue weighted by molar-refractivity contribution is 5.87. The van der Waals surface area contributed by atoms with Gasteiger partial charge in [0, 0.05) is 25.8 Å². The Kier molecular flexibility index (Phi) is 22.5. The van der Waals surface area contributed by atoms with Crippen LogP contribution in [0.15, 0.2) is 64.2 Å². The fraction of sp³-hybridized carbons (Fsp3) is 0.500. The summed E-state index contributed by atoms with van der Waals surface area (Å²) in [5, 5.41) is 9.09. The normalized spacial score (nSPS) is 11.5. The number of benzene rings is 2. The summed E-state index contributed by atoms with van der Waals surface area (Å²) in [7, 11) is 3.04. The molecule has 2 heterocycles. The van der Waals surface area contributed by atoms with Crippen molar-refractivity contribution in [2.24, 2.45) is 7.05 Å². The van der Waals surface area contributed by atoms with Gasteiger partial charge in [-0.2, -0.15) is 5.26 Å². The quantitative estimate of drug-likeness (QED) is 0.0426. The standard InChI is InChI=1S/C42H55N5O13/c1-46-41(49)38-40(47(42(46)50)32-35-5-3-34(31-43)4-6-35)45-39(44-38)36-10-7-33(8-11-36)9-12-37(48)60-30-29-59-28-27-58-26-25-57-24-23-56-22-21-55-20-19-54-18-17-53-16-15-52-14-13-51-2/h3-12H,13-30,32H2,1-2H3,(H,44,45)/b12-9+. The third-order valence-corrected chi connectivity index (χ3v) is 8.51. The number of methoxy groups -OCH3 is 1. The van der Waals surface area contributed by atoms with Gasteiger partial charge < -0.3 is 52.4 Å². The summed E-state index contributed by atoms with van der Waals surface area (Å²) in [6.45, 7) is 8.13. The molecule has 0 unspecified atom stereocenters. The first kappa shape index (κ1) is 47.6. The number of nitriles is 1. The molecule has 18 heteroatoms. The lowest BCUT2D eigenvalue weighted by Gasteiger charge is -2.09. The van der Waals surface area contributed by atoms with Gasteiger partial charge in [0.15, 0.2) is 5.52 Å². The lowest BCUT2D eigenvalue weighted by molar-refractivity contribution is -0.139. The van der Waals surface area contributed by atoms with Crippen LogP contribution < -0.4 is 11.2 Å². The van der Waals surface area contributed by atoms with Crippen molar-refractivity contribution in [2.45, 2.75) is 6.54 Å². The molecule has 0 atom stereocenters. The van der Waals surface area contributed by atoms with Crippen LogP contribution in [0.3, 0.4) is 0 Å². The Hall–Kier alpha value is -5.07. The molecule has 1 N–H and O–H groups in total. The number of hydrogen-bond acceptors (Lipinski definition) is 15. The molecule has 0 fully saturated rings. The second-order valence-electron chi connectivity index (χ2n) is 12.8. The van der Waals surface area contributed by atoms with E-state index in [9.17, 15) is 14.4 Å². The summed E-state index contributed by atoms with van der Waals surface area (Å²) in [4.78, 5) is 45.8. The summed E-state index contributed by atoms with van der Waals surface area (Å²) in [5.41, 5.74) is 2.11. The zero-order valence-electron chi connectivity index (χ0n) is 34.3. The molecule has 0 aliphatic carbocycles. The van der Waals surface area contributed by atoms with Gasteiger partial charge in [-0.1, -0.05) is 36.4 Å². The van der Waals surface area contributed by atoms with E-state index in [-0.39, 0.29) is 25.3 Å². The van der Waals surface area contributed by atoms with Crippen molar-refractivity contribution in [2.75, 3.05) is 126 Å². The summed E-state index contributed by atoms with van der Waals surface area (Å²) in [5.74, 6) is -0.108. The first-order valence-electron chi connectivity index (χ1n) is 19.7. The predicted octanol–water partition coefficient (Wildman–Crippen LogP) is 2.35. The van der Waals surface area contributed by atoms with Crippen LogP contribution in [0.5, 0.6) is 0 Å². The molecule has 0 bridgehead atoms. The Morgan fingerprint density at radius 1 is 0.683 bits per heavy atom. The largest absolute Gasteiger partial charge is 0.460 e. The Labute approximate surface area is 348 Å². The van der Waals surface area contributed by atoms with Gasteiger partial charge in [-0.25, -0.2) is 14.6 Å². The van der Waals surface area contributed by atoms with Crippen molar-refractivity contribution in [3.05, 3.63) is 92.1 Å². The van der Waals surface area contributed by atoms with Gasteiger partial charge in [0.2, 0.25) is 0 Å². The van der Waals surface area contributed by atoms with Gasteiger partial charge >= 0.3 is 11.7 Å². The Morgan fingerprint density at radius 2 is 1.15 bits per heavy atom. The van der Waals surface area contributed by atoms with Gasteiger partial charge in [0.25, 0.3) is 5.56 Å². The molecule has 60 heavy (non-hydrogen) atoms. The van der Waals surface area contributed by atoms with E-state index in [1.807, 2.05) is 0 Å². The van der Waals surface area contributed by atoms with Crippen LogP contribution in [0.4, 0.5) is 0 Å². The smallest absolute Gasteiger partial charge is 0.332 e. The van der Waals surface area contributed by atoms with E-state index in [4.69, 9.17) is 52.6 Å². The minimum absolute atomic E-state index is 0.0916. The van der Waals surface area contributed by atoms with Crippen LogP contribution in [0.25, 0.3) is 28.6 Å². The molecule has 0 aliphatic rings. The maximum absolute atomic E-state index is 13.1. The fourth-order valence-corrected chi connectivity index (χ4v) is 5.33. The topological polar surface area (TPSA) is 206 Å². The average Bonchev–Trinajstić information content (AvgIpc) is 3.72. The molecule has 326 valence electrons. The number of aromatic nitrogens is 4. The minimum atomic E-state index is -0.516. The van der Waals surface area contributed by atoms with Crippen LogP contribution in [-0.4, -0.2) is 151 Å². The van der Waals surface area contributed by atoms with Crippen molar-refractivity contribution < 1.29 is 52.2 Å². The maximum atomic E-state index is 13.1. The number of nitrogens with one attached hydrogen (secondary N) is 1. The number of nitrogens with zero attached hydrogens (tertiary/aromatic N) is 4. The fourth-order valence-electron chi connectivity index (χ4n) is 5.33. The molecule has 4 aromatic rings. The van der Waals surface area contributed by atoms with E-state index >= 15 is 0 Å². The highest BCUT2D eigenvalue weighted by Crippen LogP contribution is 2.20. The number of H-pyrrole nitrogens is 1. The summed E-state index contributed by atoms with van der Waals surface area (Å²) >= 11 is 0. The molecule has 2 aromatic carbocycles. The second kappa shape index (κ2) is 28.4. The number of rotatable bonds is 32. The third kappa shape index (κ3) is 17.3. The van der Waals surface area contributed by atoms with E-state index in [0.29, 0.717) is 128 Å². The number of carbonyl (C=O) groups is 1. The van der Waals surface area contributed by atoms with Crippen LogP contribution in [-0.2, 0) is 65.8 Å². The molecule has 0 saturated heterocycles. The van der Waals surface area contributed by atoms with Gasteiger partial charge in [-0.15, -0.1) is 0 Å². The first-order valence-corrected chi connectivity index (χ1v) is 19.7. The molecule has 0 aliphatic heterocycles. The van der Waals surface area contributed by atoms with Gasteiger partial charge in [-0.05, 0) is 29.3 Å². The minimum Gasteiger partial charge on any atom is -0.460 e. The van der Waals surface area contributed by atoms with Crippen molar-refractivity contribution in [1.82, 2.24) is 19.1 Å². The molecule has 18 nitrogen and oxygen atoms in total. The van der Waals surface area contributed by atoms with Gasteiger partial charge in [0.1, 0.15) is 18.1 Å². The monoisotopic (exact) mass is 837 g/mol. The van der Waals surface area contributed by atoms with Crippen molar-refractivity contribution in [3.63, 3.8) is 0 Å². The number of carbonyl (C=O) groups excluding carboxylic acids is 1. The Bertz CT molecular complexity index is 2020. The van der Waals surface area contributed by atoms with Gasteiger partial charge in [-0.3, -0.25) is 13.9 Å². The van der Waals surface area contributed by atoms with Crippen molar-refractivity contribution in [3.8, 4) is 17.5 Å². The second-order valence-corrected chi connectivity index (χ2v) is 12.8. The number of fused-ring (bicyclic) bond motifs is 1. The molecule has 4 rings (SSSR count). The van der Waals surface area contributed by atoms with E-state index in [1.165, 1.54) is 17.7 Å². The highest BCUT2D eigenvalue weighted by atomic mass is 16.6. The highest BCUT2D eigenvalue weighted by Gasteiger charge is 2.17. The van der Waals surface area contributed by atoms with Crippen molar-refractivity contribution >= 4 is 23.2 Å². The average molecular weight is 838 g/mol. The number of hydrogen-bond donors (Lipinski definition) is 1. The van der Waals surface area contributed by atoms with E-state index in [2.05, 4.69) is 16.0 Å². The number of imidazole rings is 1. The maximum Gasteiger partial charge on any atom is 0.332 e. The first-order chi connectivity index (χ1) is 29.4. The van der Waals surface area contributed by atoms with Crippen LogP contribution in [0.1, 0.15) is 16.7 Å². The molecule has 0 saturated carbocycles. The van der Waals surface area contributed by atoms with E-state index < -0.39 is 17.2 Å². The van der Waals surface area contributed by atoms with Crippen LogP contribution >= 0.6 is 0 Å². The van der Waals surface area contributed by atoms with E-state index in [1.54, 1.807) is 61.7 Å². The zero-order chi connectivity index (χ0) is 42.6. The summed E-state index contributed by atoms with van der Waals surface area (Å²) in [6, 6.07) is 16.1. The summed E-state index contributed by atoms with van der Waals surface area (Å²) < 4.78 is 56.1. The number of aromatic amines is 1. The molecule has 2 aromatic heterocycles. The zero-order valence-corrected chi connectivity index (χ0v) is 34.3. The predicted molar refractivity (Wildman–Crippen MR) is 220 cm³/mol. The SMILES string of the molecule is COCCOCCOCCOCCOCCOCCOCCOCCOCCOC(=O)/C=C/c1ccc(-c2nc3c(=O)n(C)c(=O)n(Cc4ccc(C#N)cc4)c3[nH]2)cc1. The van der Waals surface area contributed by atoms with Gasteiger partial charge in [0.05, 0.1) is 130 Å². The van der Waals surface area contributed by atoms with Crippen molar-refractivity contribution in [1.29, 1.82) is 5.26 Å². The van der Waals surface area contributed by atoms with E-state index in [0.717, 1.165) is 15.7 Å². The van der Waals surface area contributed by atoms with Crippen LogP contribution in [0, 0.1) is 11.3 Å². The number of ether oxygens (including phenoxy) is 10. The summed E-state index contributed by atoms with van der Waals surface area (Å²) in [6.07, 6.45) is 2.95. The Balaban J connectivity index is 0.987. The molecular weight excluding hydrogens is 782 g/mol. The van der Waals surface area contributed by atoms with Crippen LogP contribution in [0.2, 0.25) is 0 Å². The Morgan fingerprint density at radius 3 is 1.62 bits per heavy atom. The number of esters is 1.